The first-order chi connectivity index (χ1) is 16.0. The molecule has 0 radical (unpaired) electrons. The van der Waals surface area contributed by atoms with Gasteiger partial charge in [-0.1, -0.05) is 103 Å². The van der Waals surface area contributed by atoms with Crippen molar-refractivity contribution in [3.8, 4) is 0 Å². The molecule has 0 spiro atoms. The van der Waals surface area contributed by atoms with Crippen molar-refractivity contribution >= 4 is 28.8 Å². The molecule has 3 aromatic rings. The number of aliphatic carboxylic acids is 1. The smallest absolute Gasteiger partial charge is 0.327 e. The van der Waals surface area contributed by atoms with Crippen LogP contribution in [-0.2, 0) is 20.8 Å². The number of nitrogens with one attached hydrogen (secondary N) is 1. The second kappa shape index (κ2) is 12.0. The third-order valence-corrected chi connectivity index (χ3v) is 6.37. The van der Waals surface area contributed by atoms with Gasteiger partial charge in [-0.15, -0.1) is 0 Å². The molecule has 0 aromatic heterocycles. The van der Waals surface area contributed by atoms with Crippen LogP contribution in [0.2, 0.25) is 0 Å². The number of carbonyl (C=O) groups excluding carboxylic acids is 2. The van der Waals surface area contributed by atoms with Gasteiger partial charge in [-0.3, -0.25) is 9.59 Å². The summed E-state index contributed by atoms with van der Waals surface area (Å²) in [5.74, 6) is -2.32. The number of hydrogen-bond donors (Lipinski definition) is 2. The predicted molar refractivity (Wildman–Crippen MR) is 131 cm³/mol. The van der Waals surface area contributed by atoms with Crippen LogP contribution in [0.5, 0.6) is 0 Å². The fourth-order valence-electron chi connectivity index (χ4n) is 3.80. The van der Waals surface area contributed by atoms with Gasteiger partial charge in [0.15, 0.2) is 5.12 Å². The Morgan fingerprint density at radius 3 is 1.76 bits per heavy atom. The highest BCUT2D eigenvalue weighted by Gasteiger charge is 2.34. The number of rotatable bonds is 10. The van der Waals surface area contributed by atoms with Crippen LogP contribution in [0.1, 0.15) is 29.5 Å². The first kappa shape index (κ1) is 24.3. The molecule has 6 heteroatoms. The quantitative estimate of drug-likeness (QED) is 0.464. The zero-order chi connectivity index (χ0) is 23.6. The fraction of sp³-hybridized carbons (Fsp3) is 0.222. The van der Waals surface area contributed by atoms with Crippen molar-refractivity contribution in [1.29, 1.82) is 0 Å². The predicted octanol–water partition coefficient (Wildman–Crippen LogP) is 4.53. The van der Waals surface area contributed by atoms with Crippen molar-refractivity contribution in [2.24, 2.45) is 5.92 Å². The summed E-state index contributed by atoms with van der Waals surface area (Å²) in [7, 11) is 0. The molecule has 0 bridgehead atoms. The van der Waals surface area contributed by atoms with Crippen LogP contribution in [0.15, 0.2) is 91.0 Å². The zero-order valence-corrected chi connectivity index (χ0v) is 19.2. The minimum atomic E-state index is -1.16. The molecule has 2 atom stereocenters. The molecule has 5 nitrogen and oxygen atoms in total. The molecule has 0 saturated carbocycles. The van der Waals surface area contributed by atoms with Crippen LogP contribution in [0.4, 0.5) is 0 Å². The molecule has 2 N–H and O–H groups in total. The van der Waals surface area contributed by atoms with E-state index in [0.29, 0.717) is 6.42 Å². The van der Waals surface area contributed by atoms with E-state index in [-0.39, 0.29) is 16.8 Å². The van der Waals surface area contributed by atoms with Gasteiger partial charge < -0.3 is 10.4 Å². The lowest BCUT2D eigenvalue weighted by molar-refractivity contribution is -0.142. The maximum Gasteiger partial charge on any atom is 0.327 e. The van der Waals surface area contributed by atoms with Crippen LogP contribution in [-0.4, -0.2) is 33.9 Å². The van der Waals surface area contributed by atoms with Gasteiger partial charge in [0.1, 0.15) is 6.04 Å². The van der Waals surface area contributed by atoms with E-state index in [1.54, 1.807) is 0 Å². The Labute approximate surface area is 198 Å². The van der Waals surface area contributed by atoms with Crippen LogP contribution in [0.25, 0.3) is 0 Å². The lowest BCUT2D eigenvalue weighted by Crippen LogP contribution is -2.48. The Balaban J connectivity index is 1.90. The van der Waals surface area contributed by atoms with Crippen molar-refractivity contribution < 1.29 is 19.5 Å². The van der Waals surface area contributed by atoms with Gasteiger partial charge >= 0.3 is 5.97 Å². The molecule has 1 amide bonds. The summed E-state index contributed by atoms with van der Waals surface area (Å²) in [6.45, 7) is 1.46. The van der Waals surface area contributed by atoms with Crippen molar-refractivity contribution in [2.75, 3.05) is 5.75 Å². The highest BCUT2D eigenvalue weighted by molar-refractivity contribution is 8.13. The van der Waals surface area contributed by atoms with Gasteiger partial charge in [-0.2, -0.15) is 0 Å². The van der Waals surface area contributed by atoms with Gasteiger partial charge in [0.05, 0.1) is 5.92 Å². The summed E-state index contributed by atoms with van der Waals surface area (Å²) >= 11 is 1.08. The molecule has 0 aliphatic heterocycles. The van der Waals surface area contributed by atoms with Crippen LogP contribution >= 0.6 is 11.8 Å². The summed E-state index contributed by atoms with van der Waals surface area (Å²) in [6, 6.07) is 27.0. The summed E-state index contributed by atoms with van der Waals surface area (Å²) in [4.78, 5) is 37.3. The van der Waals surface area contributed by atoms with E-state index >= 15 is 0 Å². The molecular weight excluding hydrogens is 434 g/mol. The Hall–Kier alpha value is -3.38. The van der Waals surface area contributed by atoms with Gasteiger partial charge in [0.25, 0.3) is 0 Å². The second-order valence-electron chi connectivity index (χ2n) is 7.81. The van der Waals surface area contributed by atoms with E-state index in [1.165, 1.54) is 6.92 Å². The average molecular weight is 462 g/mol. The van der Waals surface area contributed by atoms with Crippen molar-refractivity contribution in [3.05, 3.63) is 108 Å². The number of thioether (sulfide) groups is 1. The Morgan fingerprint density at radius 1 is 0.818 bits per heavy atom. The highest BCUT2D eigenvalue weighted by atomic mass is 32.2. The van der Waals surface area contributed by atoms with Crippen LogP contribution in [0.3, 0.4) is 0 Å². The average Bonchev–Trinajstić information content (AvgIpc) is 2.83. The van der Waals surface area contributed by atoms with E-state index < -0.39 is 23.8 Å². The lowest BCUT2D eigenvalue weighted by atomic mass is 9.84. The molecule has 0 fully saturated rings. The number of amides is 1. The minimum absolute atomic E-state index is 0.0814. The number of hydrogen-bond acceptors (Lipinski definition) is 4. The number of carbonyl (C=O) groups is 3. The highest BCUT2D eigenvalue weighted by Crippen LogP contribution is 2.29. The van der Waals surface area contributed by atoms with E-state index in [2.05, 4.69) is 5.32 Å². The summed E-state index contributed by atoms with van der Waals surface area (Å²) in [5.41, 5.74) is 2.56. The third kappa shape index (κ3) is 7.05. The summed E-state index contributed by atoms with van der Waals surface area (Å²) in [5, 5.41) is 12.8. The van der Waals surface area contributed by atoms with Crippen molar-refractivity contribution in [3.63, 3.8) is 0 Å². The second-order valence-corrected chi connectivity index (χ2v) is 9.01. The van der Waals surface area contributed by atoms with Crippen LogP contribution in [0, 0.1) is 5.92 Å². The Bertz CT molecular complexity index is 1020. The van der Waals surface area contributed by atoms with Gasteiger partial charge in [-0.25, -0.2) is 4.79 Å². The maximum absolute atomic E-state index is 13.3. The molecule has 0 heterocycles. The largest absolute Gasteiger partial charge is 0.480 e. The number of carboxylic acids is 1. The molecular formula is C27H27NO4S. The first-order valence-corrected chi connectivity index (χ1v) is 11.7. The standard InChI is InChI=1S/C27H27NO4S/c1-19(29)33-18-23(17-20-11-5-2-6-12-20)26(30)28-25(27(31)32)24(21-13-7-3-8-14-21)22-15-9-4-10-16-22/h2-16,23-25H,17-18H2,1H3,(H,28,30)(H,31,32)/t23?,25-/m0/s1. The normalized spacial score (nSPS) is 12.7. The Morgan fingerprint density at radius 2 is 1.30 bits per heavy atom. The molecule has 0 aliphatic rings. The molecule has 3 rings (SSSR count). The molecule has 170 valence electrons. The molecule has 0 saturated heterocycles. The topological polar surface area (TPSA) is 83.5 Å². The van der Waals surface area contributed by atoms with E-state index in [0.717, 1.165) is 28.5 Å². The third-order valence-electron chi connectivity index (χ3n) is 5.40. The van der Waals surface area contributed by atoms with Gasteiger partial charge in [-0.05, 0) is 23.1 Å². The SMILES string of the molecule is CC(=O)SCC(Cc1ccccc1)C(=O)N[C@H](C(=O)O)C(c1ccccc1)c1ccccc1. The zero-order valence-electron chi connectivity index (χ0n) is 18.4. The summed E-state index contributed by atoms with van der Waals surface area (Å²) in [6.07, 6.45) is 0.417. The van der Waals surface area contributed by atoms with E-state index in [1.807, 2.05) is 91.0 Å². The maximum atomic E-state index is 13.3. The summed E-state index contributed by atoms with van der Waals surface area (Å²) < 4.78 is 0. The molecule has 0 aliphatic carbocycles. The molecule has 1 unspecified atom stereocenters. The van der Waals surface area contributed by atoms with E-state index in [9.17, 15) is 19.5 Å². The monoisotopic (exact) mass is 461 g/mol. The molecule has 3 aromatic carbocycles. The number of benzene rings is 3. The Kier molecular flexibility index (Phi) is 8.84. The lowest BCUT2D eigenvalue weighted by Gasteiger charge is -2.27. The van der Waals surface area contributed by atoms with Gasteiger partial charge in [0.2, 0.25) is 5.91 Å². The van der Waals surface area contributed by atoms with E-state index in [4.69, 9.17) is 0 Å². The first-order valence-electron chi connectivity index (χ1n) is 10.8. The fourth-order valence-corrected chi connectivity index (χ4v) is 4.51. The molecule has 33 heavy (non-hydrogen) atoms. The van der Waals surface area contributed by atoms with Crippen molar-refractivity contribution in [1.82, 2.24) is 5.32 Å². The minimum Gasteiger partial charge on any atom is -0.480 e. The van der Waals surface area contributed by atoms with Crippen LogP contribution < -0.4 is 5.32 Å². The number of carboxylic acid groups (broad SMARTS) is 1. The van der Waals surface area contributed by atoms with Crippen molar-refractivity contribution in [2.45, 2.75) is 25.3 Å². The van der Waals surface area contributed by atoms with Gasteiger partial charge in [0, 0.05) is 18.6 Å².